The lowest BCUT2D eigenvalue weighted by molar-refractivity contribution is 0.340. The van der Waals surface area contributed by atoms with Crippen LogP contribution in [0.4, 0.5) is 11.4 Å². The van der Waals surface area contributed by atoms with Gasteiger partial charge in [0.05, 0.1) is 6.61 Å². The summed E-state index contributed by atoms with van der Waals surface area (Å²) in [5.41, 5.74) is 3.39. The number of aryl methyl sites for hydroxylation is 1. The second-order valence-electron chi connectivity index (χ2n) is 3.95. The molecule has 2 aromatic rings. The molecule has 0 bridgehead atoms. The van der Waals surface area contributed by atoms with E-state index in [2.05, 4.69) is 36.5 Å². The van der Waals surface area contributed by atoms with Crippen LogP contribution in [0.2, 0.25) is 0 Å². The topological polar surface area (TPSA) is 21.3 Å². The Morgan fingerprint density at radius 3 is 2.47 bits per heavy atom. The zero-order chi connectivity index (χ0) is 12.1. The summed E-state index contributed by atoms with van der Waals surface area (Å²) in [5.74, 6) is 0.893. The van der Waals surface area contributed by atoms with Gasteiger partial charge in [0.15, 0.2) is 0 Å². The maximum Gasteiger partial charge on any atom is 0.121 e. The summed E-state index contributed by atoms with van der Waals surface area (Å²) < 4.78 is 5.46. The molecule has 0 saturated carbocycles. The summed E-state index contributed by atoms with van der Waals surface area (Å²) in [6.45, 7) is 4.76. The summed E-state index contributed by atoms with van der Waals surface area (Å²) in [6.07, 6.45) is 0. The highest BCUT2D eigenvalue weighted by Crippen LogP contribution is 2.21. The lowest BCUT2D eigenvalue weighted by atomic mass is 10.2. The molecule has 0 heterocycles. The molecule has 0 unspecified atom stereocenters. The van der Waals surface area contributed by atoms with E-state index in [1.54, 1.807) is 0 Å². The molecule has 2 aromatic carbocycles. The van der Waals surface area contributed by atoms with Gasteiger partial charge in [0.1, 0.15) is 5.75 Å². The molecule has 0 saturated heterocycles. The van der Waals surface area contributed by atoms with Crippen LogP contribution in [0.15, 0.2) is 48.5 Å². The molecular formula is C15H17NO. The lowest BCUT2D eigenvalue weighted by Gasteiger charge is -2.09. The Morgan fingerprint density at radius 1 is 1.00 bits per heavy atom. The molecule has 17 heavy (non-hydrogen) atoms. The van der Waals surface area contributed by atoms with Crippen LogP contribution < -0.4 is 10.1 Å². The third-order valence-corrected chi connectivity index (χ3v) is 2.49. The Morgan fingerprint density at radius 2 is 1.76 bits per heavy atom. The highest BCUT2D eigenvalue weighted by molar-refractivity contribution is 5.61. The first-order chi connectivity index (χ1) is 8.28. The first kappa shape index (κ1) is 11.5. The highest BCUT2D eigenvalue weighted by Gasteiger charge is 1.97. The highest BCUT2D eigenvalue weighted by atomic mass is 16.5. The van der Waals surface area contributed by atoms with Crippen molar-refractivity contribution in [2.75, 3.05) is 11.9 Å². The second-order valence-corrected chi connectivity index (χ2v) is 3.95. The van der Waals surface area contributed by atoms with E-state index in [4.69, 9.17) is 4.74 Å². The van der Waals surface area contributed by atoms with Gasteiger partial charge in [0.25, 0.3) is 0 Å². The molecule has 0 amide bonds. The van der Waals surface area contributed by atoms with Crippen LogP contribution in [-0.2, 0) is 0 Å². The van der Waals surface area contributed by atoms with Crippen LogP contribution in [0.5, 0.6) is 5.75 Å². The zero-order valence-corrected chi connectivity index (χ0v) is 10.2. The Labute approximate surface area is 102 Å². The molecule has 2 nitrogen and oxygen atoms in total. The van der Waals surface area contributed by atoms with E-state index < -0.39 is 0 Å². The summed E-state index contributed by atoms with van der Waals surface area (Å²) >= 11 is 0. The smallest absolute Gasteiger partial charge is 0.121 e. The van der Waals surface area contributed by atoms with Gasteiger partial charge in [-0.2, -0.15) is 0 Å². The number of rotatable bonds is 4. The number of hydrogen-bond acceptors (Lipinski definition) is 2. The molecule has 0 radical (unpaired) electrons. The third kappa shape index (κ3) is 3.25. The SMILES string of the molecule is CCOc1cccc(Nc2ccc(C)cc2)c1. The fourth-order valence-corrected chi connectivity index (χ4v) is 1.63. The Balaban J connectivity index is 2.12. The van der Waals surface area contributed by atoms with Crippen molar-refractivity contribution in [1.29, 1.82) is 0 Å². The van der Waals surface area contributed by atoms with Gasteiger partial charge in [0, 0.05) is 17.4 Å². The summed E-state index contributed by atoms with van der Waals surface area (Å²) in [4.78, 5) is 0. The van der Waals surface area contributed by atoms with Gasteiger partial charge < -0.3 is 10.1 Å². The first-order valence-electron chi connectivity index (χ1n) is 5.84. The molecular weight excluding hydrogens is 210 g/mol. The molecule has 0 spiro atoms. The van der Waals surface area contributed by atoms with Gasteiger partial charge in [-0.25, -0.2) is 0 Å². The zero-order valence-electron chi connectivity index (χ0n) is 10.2. The fraction of sp³-hybridized carbons (Fsp3) is 0.200. The predicted octanol–water partition coefficient (Wildman–Crippen LogP) is 4.14. The number of benzene rings is 2. The summed E-state index contributed by atoms with van der Waals surface area (Å²) in [7, 11) is 0. The van der Waals surface area contributed by atoms with Crippen LogP contribution in [0.25, 0.3) is 0 Å². The van der Waals surface area contributed by atoms with Gasteiger partial charge >= 0.3 is 0 Å². The fourth-order valence-electron chi connectivity index (χ4n) is 1.63. The molecule has 2 heteroatoms. The summed E-state index contributed by atoms with van der Waals surface area (Å²) in [6, 6.07) is 16.3. The Hall–Kier alpha value is -1.96. The molecule has 0 aliphatic rings. The van der Waals surface area contributed by atoms with Gasteiger partial charge in [0.2, 0.25) is 0 Å². The number of hydrogen-bond donors (Lipinski definition) is 1. The third-order valence-electron chi connectivity index (χ3n) is 2.49. The van der Waals surface area contributed by atoms with Crippen molar-refractivity contribution in [3.8, 4) is 5.75 Å². The predicted molar refractivity (Wildman–Crippen MR) is 72.1 cm³/mol. The van der Waals surface area contributed by atoms with E-state index in [1.807, 2.05) is 31.2 Å². The average molecular weight is 227 g/mol. The average Bonchev–Trinajstić information content (AvgIpc) is 2.33. The van der Waals surface area contributed by atoms with E-state index in [0.29, 0.717) is 6.61 Å². The van der Waals surface area contributed by atoms with Crippen LogP contribution in [0.3, 0.4) is 0 Å². The number of ether oxygens (including phenoxy) is 1. The van der Waals surface area contributed by atoms with Crippen molar-refractivity contribution < 1.29 is 4.74 Å². The maximum absolute atomic E-state index is 5.46. The first-order valence-corrected chi connectivity index (χ1v) is 5.84. The van der Waals surface area contributed by atoms with E-state index in [0.717, 1.165) is 17.1 Å². The second kappa shape index (κ2) is 5.39. The summed E-state index contributed by atoms with van der Waals surface area (Å²) in [5, 5.41) is 3.35. The van der Waals surface area contributed by atoms with Crippen LogP contribution in [-0.4, -0.2) is 6.61 Å². The molecule has 88 valence electrons. The van der Waals surface area contributed by atoms with E-state index >= 15 is 0 Å². The Bertz CT molecular complexity index is 477. The largest absolute Gasteiger partial charge is 0.494 e. The molecule has 2 rings (SSSR count). The van der Waals surface area contributed by atoms with Crippen LogP contribution in [0, 0.1) is 6.92 Å². The van der Waals surface area contributed by atoms with Crippen LogP contribution >= 0.6 is 0 Å². The van der Waals surface area contributed by atoms with Crippen molar-refractivity contribution in [2.24, 2.45) is 0 Å². The van der Waals surface area contributed by atoms with Gasteiger partial charge in [-0.05, 0) is 38.1 Å². The molecule has 0 aliphatic heterocycles. The minimum atomic E-state index is 0.688. The van der Waals surface area contributed by atoms with E-state index in [1.165, 1.54) is 5.56 Å². The Kier molecular flexibility index (Phi) is 3.66. The number of nitrogens with one attached hydrogen (secondary N) is 1. The van der Waals surface area contributed by atoms with Crippen LogP contribution in [0.1, 0.15) is 12.5 Å². The van der Waals surface area contributed by atoms with Gasteiger partial charge in [-0.1, -0.05) is 23.8 Å². The van der Waals surface area contributed by atoms with Crippen molar-refractivity contribution in [3.05, 3.63) is 54.1 Å². The van der Waals surface area contributed by atoms with Crippen molar-refractivity contribution in [3.63, 3.8) is 0 Å². The van der Waals surface area contributed by atoms with E-state index in [-0.39, 0.29) is 0 Å². The molecule has 0 fully saturated rings. The molecule has 0 aliphatic carbocycles. The lowest BCUT2D eigenvalue weighted by Crippen LogP contribution is -1.94. The normalized spacial score (nSPS) is 10.0. The maximum atomic E-state index is 5.46. The van der Waals surface area contributed by atoms with Crippen molar-refractivity contribution in [1.82, 2.24) is 0 Å². The van der Waals surface area contributed by atoms with Crippen molar-refractivity contribution in [2.45, 2.75) is 13.8 Å². The monoisotopic (exact) mass is 227 g/mol. The number of anilines is 2. The minimum Gasteiger partial charge on any atom is -0.494 e. The van der Waals surface area contributed by atoms with Gasteiger partial charge in [-0.3, -0.25) is 0 Å². The quantitative estimate of drug-likeness (QED) is 0.847. The van der Waals surface area contributed by atoms with E-state index in [9.17, 15) is 0 Å². The molecule has 0 atom stereocenters. The standard InChI is InChI=1S/C15H17NO/c1-3-17-15-6-4-5-14(11-15)16-13-9-7-12(2)8-10-13/h4-11,16H,3H2,1-2H3. The molecule has 1 N–H and O–H groups in total. The minimum absolute atomic E-state index is 0.688. The van der Waals surface area contributed by atoms with Gasteiger partial charge in [-0.15, -0.1) is 0 Å². The molecule has 0 aromatic heterocycles. The van der Waals surface area contributed by atoms with Crippen molar-refractivity contribution >= 4 is 11.4 Å².